The summed E-state index contributed by atoms with van der Waals surface area (Å²) in [6.45, 7) is 2.50. The van der Waals surface area contributed by atoms with Crippen molar-refractivity contribution in [2.45, 2.75) is 23.6 Å². The molecule has 3 rings (SSSR count). The molecule has 3 aromatic carbocycles. The monoisotopic (exact) mass is 566 g/mol. The molecular formula is C20H16N4Na2O9S2. The molecule has 0 unspecified atom stereocenters. The molecule has 0 aliphatic heterocycles. The van der Waals surface area contributed by atoms with Gasteiger partial charge in [-0.15, -0.1) is 5.11 Å². The summed E-state index contributed by atoms with van der Waals surface area (Å²) in [5, 5.41) is 37.6. The van der Waals surface area contributed by atoms with E-state index in [2.05, 4.69) is 30.2 Å². The molecule has 37 heavy (non-hydrogen) atoms. The Hall–Kier alpha value is -1.60. The van der Waals surface area contributed by atoms with Gasteiger partial charge in [-0.05, 0) is 47.9 Å². The third-order valence-electron chi connectivity index (χ3n) is 4.33. The van der Waals surface area contributed by atoms with Crippen LogP contribution in [0.1, 0.15) is 13.8 Å². The first-order valence-electron chi connectivity index (χ1n) is 9.49. The number of carbonyl (C=O) groups is 2. The maximum atomic E-state index is 11.7. The number of benzene rings is 3. The van der Waals surface area contributed by atoms with Crippen molar-refractivity contribution in [3.63, 3.8) is 0 Å². The van der Waals surface area contributed by atoms with Gasteiger partial charge >= 0.3 is 59.1 Å². The van der Waals surface area contributed by atoms with Gasteiger partial charge in [0.15, 0.2) is 5.75 Å². The Labute approximate surface area is 259 Å². The molecule has 0 bridgehead atoms. The molecule has 0 aliphatic carbocycles. The standard InChI is InChI=1S/C20H18N4O9S2.2Na/c1-10(25)21-13-3-5-14(6-4-13)23-24-19-17(34-33-32-28)8-12-7-15(35(29,30)31)9-16(22-11(2)26)18(12)20(19)27;;/h3-9,27-28H,1-2H3,(H,21,25)(H,22,26)(H,29,30,31);;/q;2*+1/p-2. The predicted octanol–water partition coefficient (Wildman–Crippen LogP) is -2.98. The molecule has 0 saturated heterocycles. The van der Waals surface area contributed by atoms with E-state index in [1.807, 2.05) is 0 Å². The largest absolute Gasteiger partial charge is 1.00 e. The summed E-state index contributed by atoms with van der Waals surface area (Å²) >= 11 is 0.343. The zero-order valence-electron chi connectivity index (χ0n) is 20.0. The van der Waals surface area contributed by atoms with E-state index in [4.69, 9.17) is 0 Å². The van der Waals surface area contributed by atoms with Crippen molar-refractivity contribution in [2.24, 2.45) is 10.2 Å². The quantitative estimate of drug-likeness (QED) is 0.0631. The SMILES string of the molecule is CC(=O)Nc1ccc(N=Nc2c(SOO[O-])cc3cc(S(=O)(=O)[O-])cc(NC(C)=O)c3c2O)cc1.[Na+].[Na+]. The number of aromatic hydroxyl groups is 1. The van der Waals surface area contributed by atoms with E-state index in [9.17, 15) is 32.9 Å². The van der Waals surface area contributed by atoms with Crippen LogP contribution in [-0.4, -0.2) is 29.9 Å². The van der Waals surface area contributed by atoms with Gasteiger partial charge in [0.25, 0.3) is 0 Å². The minimum atomic E-state index is -4.93. The third-order valence-corrected chi connectivity index (χ3v) is 5.75. The number of anilines is 2. The second-order valence-electron chi connectivity index (χ2n) is 6.92. The molecule has 0 atom stereocenters. The Morgan fingerprint density at radius 1 is 1.00 bits per heavy atom. The van der Waals surface area contributed by atoms with E-state index in [-0.39, 0.29) is 92.1 Å². The Kier molecular flexibility index (Phi) is 13.1. The van der Waals surface area contributed by atoms with Gasteiger partial charge in [-0.2, -0.15) is 9.45 Å². The van der Waals surface area contributed by atoms with Crippen molar-refractivity contribution >= 4 is 67.5 Å². The van der Waals surface area contributed by atoms with Gasteiger partial charge in [-0.1, -0.05) is 0 Å². The Morgan fingerprint density at radius 3 is 2.16 bits per heavy atom. The first-order chi connectivity index (χ1) is 16.5. The second kappa shape index (κ2) is 14.5. The molecule has 0 spiro atoms. The molecule has 0 saturated carbocycles. The molecule has 0 fully saturated rings. The van der Waals surface area contributed by atoms with Crippen LogP contribution >= 0.6 is 12.0 Å². The fourth-order valence-corrected chi connectivity index (χ4v) is 4.05. The first kappa shape index (κ1) is 33.4. The van der Waals surface area contributed by atoms with Crippen molar-refractivity contribution < 1.29 is 101 Å². The number of hydrogen-bond donors (Lipinski definition) is 3. The smallest absolute Gasteiger partial charge is 0.744 e. The molecule has 17 heteroatoms. The molecule has 0 heterocycles. The summed E-state index contributed by atoms with van der Waals surface area (Å²) < 4.78 is 39.1. The molecule has 3 aromatic rings. The van der Waals surface area contributed by atoms with Crippen LogP contribution in [0, 0.1) is 0 Å². The minimum absolute atomic E-state index is 0. The average molecular weight is 566 g/mol. The Morgan fingerprint density at radius 2 is 1.62 bits per heavy atom. The zero-order valence-corrected chi connectivity index (χ0v) is 25.6. The average Bonchev–Trinajstić information content (AvgIpc) is 2.76. The molecule has 0 radical (unpaired) electrons. The third kappa shape index (κ3) is 8.98. The van der Waals surface area contributed by atoms with Crippen LogP contribution in [-0.2, 0) is 29.1 Å². The summed E-state index contributed by atoms with van der Waals surface area (Å²) in [5.41, 5.74) is 0.460. The van der Waals surface area contributed by atoms with Gasteiger partial charge in [-0.25, -0.2) is 8.42 Å². The minimum Gasteiger partial charge on any atom is -0.744 e. The summed E-state index contributed by atoms with van der Waals surface area (Å²) in [6, 6.07) is 9.34. The number of fused-ring (bicyclic) bond motifs is 1. The number of carbonyl (C=O) groups excluding carboxylic acids is 2. The molecule has 0 aromatic heterocycles. The Balaban J connectivity index is 0.00000342. The van der Waals surface area contributed by atoms with Gasteiger partial charge in [-0.3, -0.25) is 14.6 Å². The number of nitrogens with one attached hydrogen (secondary N) is 2. The van der Waals surface area contributed by atoms with Gasteiger partial charge in [0.1, 0.15) is 15.8 Å². The fraction of sp³-hybridized carbons (Fsp3) is 0.100. The van der Waals surface area contributed by atoms with E-state index in [0.717, 1.165) is 19.1 Å². The van der Waals surface area contributed by atoms with E-state index < -0.39 is 26.7 Å². The normalized spacial score (nSPS) is 11.0. The topological polar surface area (TPSA) is 202 Å². The van der Waals surface area contributed by atoms with Gasteiger partial charge in [0.05, 0.1) is 33.2 Å². The van der Waals surface area contributed by atoms with Crippen LogP contribution in [0.2, 0.25) is 0 Å². The molecule has 3 N–H and O–H groups in total. The van der Waals surface area contributed by atoms with Crippen molar-refractivity contribution in [2.75, 3.05) is 10.6 Å². The van der Waals surface area contributed by atoms with Crippen molar-refractivity contribution in [3.8, 4) is 5.75 Å². The maximum absolute atomic E-state index is 11.7. The summed E-state index contributed by atoms with van der Waals surface area (Å²) in [4.78, 5) is 22.1. The summed E-state index contributed by atoms with van der Waals surface area (Å²) in [6.07, 6.45) is 0. The number of amides is 2. The molecule has 0 aliphatic rings. The van der Waals surface area contributed by atoms with Gasteiger partial charge < -0.3 is 25.6 Å². The molecule has 184 valence electrons. The van der Waals surface area contributed by atoms with Crippen LogP contribution in [0.25, 0.3) is 10.8 Å². The summed E-state index contributed by atoms with van der Waals surface area (Å²) in [5.74, 6) is -1.42. The number of phenols is 1. The van der Waals surface area contributed by atoms with E-state index in [1.165, 1.54) is 25.1 Å². The number of nitrogens with zero attached hydrogens (tertiary/aromatic N) is 2. The molecule has 2 amide bonds. The van der Waals surface area contributed by atoms with Crippen LogP contribution in [0.4, 0.5) is 22.7 Å². The number of rotatable bonds is 8. The van der Waals surface area contributed by atoms with E-state index >= 15 is 0 Å². The number of azo groups is 1. The number of phenolic OH excluding ortho intramolecular Hbond substituents is 1. The van der Waals surface area contributed by atoms with Crippen molar-refractivity contribution in [1.82, 2.24) is 0 Å². The molecule has 13 nitrogen and oxygen atoms in total. The van der Waals surface area contributed by atoms with Gasteiger partial charge in [0, 0.05) is 24.9 Å². The second-order valence-corrected chi connectivity index (χ2v) is 9.05. The molecular weight excluding hydrogens is 550 g/mol. The Bertz CT molecular complexity index is 1440. The maximum Gasteiger partial charge on any atom is 1.00 e. The number of hydrogen-bond acceptors (Lipinski definition) is 12. The van der Waals surface area contributed by atoms with Gasteiger partial charge in [0.2, 0.25) is 11.8 Å². The summed E-state index contributed by atoms with van der Waals surface area (Å²) in [7, 11) is -4.93. The van der Waals surface area contributed by atoms with E-state index in [1.54, 1.807) is 12.1 Å². The fourth-order valence-electron chi connectivity index (χ4n) is 3.03. The van der Waals surface area contributed by atoms with Crippen LogP contribution in [0.5, 0.6) is 5.75 Å². The first-order valence-corrected chi connectivity index (χ1v) is 11.6. The van der Waals surface area contributed by atoms with E-state index in [0.29, 0.717) is 23.4 Å². The van der Waals surface area contributed by atoms with Crippen molar-refractivity contribution in [1.29, 1.82) is 0 Å². The van der Waals surface area contributed by atoms with Crippen LogP contribution < -0.4 is 75.0 Å². The predicted molar refractivity (Wildman–Crippen MR) is 121 cm³/mol. The van der Waals surface area contributed by atoms with Crippen LogP contribution in [0.3, 0.4) is 0 Å². The zero-order chi connectivity index (χ0) is 25.8. The van der Waals surface area contributed by atoms with Crippen molar-refractivity contribution in [3.05, 3.63) is 42.5 Å². The van der Waals surface area contributed by atoms with Crippen LogP contribution in [0.15, 0.2) is 62.5 Å².